The first kappa shape index (κ1) is 11.9. The van der Waals surface area contributed by atoms with Crippen molar-refractivity contribution in [3.8, 4) is 0 Å². The molecule has 0 spiro atoms. The number of hydrogen-bond acceptors (Lipinski definition) is 3. The van der Waals surface area contributed by atoms with Gasteiger partial charge < -0.3 is 15.0 Å². The molecule has 1 amide bonds. The first-order valence-corrected chi connectivity index (χ1v) is 5.69. The largest absolute Gasteiger partial charge is 0.393 e. The Hall–Kier alpha value is -1.62. The Morgan fingerprint density at radius 2 is 2.29 bits per heavy atom. The quantitative estimate of drug-likeness (QED) is 0.769. The summed E-state index contributed by atoms with van der Waals surface area (Å²) in [6.07, 6.45) is 2.86. The Morgan fingerprint density at radius 1 is 1.59 bits per heavy atom. The summed E-state index contributed by atoms with van der Waals surface area (Å²) in [6.45, 7) is 0.561. The van der Waals surface area contributed by atoms with Gasteiger partial charge in [-0.15, -0.1) is 0 Å². The van der Waals surface area contributed by atoms with Gasteiger partial charge in [-0.2, -0.15) is 0 Å². The molecule has 0 aromatic carbocycles. The summed E-state index contributed by atoms with van der Waals surface area (Å²) in [6, 6.07) is 2.94. The van der Waals surface area contributed by atoms with E-state index in [4.69, 9.17) is 5.11 Å². The van der Waals surface area contributed by atoms with Gasteiger partial charge in [0.1, 0.15) is 0 Å². The number of carbonyl (C=O) groups excluding carboxylic acids is 1. The zero-order valence-electron chi connectivity index (χ0n) is 9.72. The van der Waals surface area contributed by atoms with Crippen LogP contribution >= 0.6 is 0 Å². The van der Waals surface area contributed by atoms with Crippen LogP contribution in [0.15, 0.2) is 23.1 Å². The predicted molar refractivity (Wildman–Crippen MR) is 62.7 cm³/mol. The fraction of sp³-hybridized carbons (Fsp3) is 0.500. The molecule has 5 nitrogen and oxygen atoms in total. The third-order valence-electron chi connectivity index (χ3n) is 3.13. The average molecular weight is 236 g/mol. The average Bonchev–Trinajstić information content (AvgIpc) is 2.26. The molecule has 0 atom stereocenters. The molecule has 1 saturated carbocycles. The molecule has 1 fully saturated rings. The van der Waals surface area contributed by atoms with Crippen LogP contribution in [0.5, 0.6) is 0 Å². The van der Waals surface area contributed by atoms with Gasteiger partial charge in [0.25, 0.3) is 11.5 Å². The summed E-state index contributed by atoms with van der Waals surface area (Å²) < 4.78 is 1.42. The highest BCUT2D eigenvalue weighted by molar-refractivity contribution is 5.93. The molecule has 2 rings (SSSR count). The number of amides is 1. The number of pyridine rings is 1. The summed E-state index contributed by atoms with van der Waals surface area (Å²) in [4.78, 5) is 23.1. The number of nitrogens with zero attached hydrogens (tertiary/aromatic N) is 1. The fourth-order valence-corrected chi connectivity index (χ4v) is 1.90. The monoisotopic (exact) mass is 236 g/mol. The highest BCUT2D eigenvalue weighted by Gasteiger charge is 2.27. The van der Waals surface area contributed by atoms with E-state index in [1.54, 1.807) is 19.3 Å². The van der Waals surface area contributed by atoms with Crippen molar-refractivity contribution in [2.45, 2.75) is 18.9 Å². The Bertz CT molecular complexity index is 475. The van der Waals surface area contributed by atoms with Gasteiger partial charge in [-0.05, 0) is 24.8 Å². The smallest absolute Gasteiger partial charge is 0.251 e. The third-order valence-corrected chi connectivity index (χ3v) is 3.13. The second kappa shape index (κ2) is 4.71. The van der Waals surface area contributed by atoms with Crippen LogP contribution < -0.4 is 10.9 Å². The number of aliphatic hydroxyl groups excluding tert-OH is 1. The Morgan fingerprint density at radius 3 is 2.88 bits per heavy atom. The van der Waals surface area contributed by atoms with E-state index in [1.807, 2.05) is 0 Å². The van der Waals surface area contributed by atoms with Crippen molar-refractivity contribution in [1.29, 1.82) is 0 Å². The molecule has 0 bridgehead atoms. The maximum Gasteiger partial charge on any atom is 0.251 e. The zero-order chi connectivity index (χ0) is 12.4. The van der Waals surface area contributed by atoms with Crippen LogP contribution in [0.3, 0.4) is 0 Å². The van der Waals surface area contributed by atoms with Gasteiger partial charge in [0, 0.05) is 31.4 Å². The number of aliphatic hydroxyl groups is 1. The molecule has 1 aromatic heterocycles. The Labute approximate surface area is 99.1 Å². The molecule has 2 N–H and O–H groups in total. The van der Waals surface area contributed by atoms with E-state index in [2.05, 4.69) is 5.32 Å². The van der Waals surface area contributed by atoms with Gasteiger partial charge in [0.15, 0.2) is 0 Å². The molecule has 17 heavy (non-hydrogen) atoms. The number of aryl methyl sites for hydroxylation is 1. The minimum Gasteiger partial charge on any atom is -0.393 e. The van der Waals surface area contributed by atoms with Crippen LogP contribution in [-0.2, 0) is 7.05 Å². The molecule has 1 aliphatic carbocycles. The van der Waals surface area contributed by atoms with Crippen molar-refractivity contribution in [1.82, 2.24) is 9.88 Å². The van der Waals surface area contributed by atoms with Crippen LogP contribution in [0.25, 0.3) is 0 Å². The van der Waals surface area contributed by atoms with Gasteiger partial charge in [0.2, 0.25) is 0 Å². The van der Waals surface area contributed by atoms with Crippen molar-refractivity contribution in [3.05, 3.63) is 34.2 Å². The summed E-state index contributed by atoms with van der Waals surface area (Å²) in [7, 11) is 1.64. The topological polar surface area (TPSA) is 71.3 Å². The molecular formula is C12H16N2O3. The lowest BCUT2D eigenvalue weighted by Gasteiger charge is -2.31. The van der Waals surface area contributed by atoms with E-state index in [9.17, 15) is 9.59 Å². The predicted octanol–water partition coefficient (Wildman–Crippen LogP) is -0.114. The molecule has 1 aromatic rings. The van der Waals surface area contributed by atoms with Crippen molar-refractivity contribution in [2.24, 2.45) is 13.0 Å². The zero-order valence-corrected chi connectivity index (χ0v) is 9.72. The number of hydrogen-bond donors (Lipinski definition) is 2. The molecule has 1 aliphatic rings. The summed E-state index contributed by atoms with van der Waals surface area (Å²) >= 11 is 0. The molecule has 0 radical (unpaired) electrons. The lowest BCUT2D eigenvalue weighted by Crippen LogP contribution is -2.38. The van der Waals surface area contributed by atoms with Crippen molar-refractivity contribution in [3.63, 3.8) is 0 Å². The number of carbonyl (C=O) groups is 1. The van der Waals surface area contributed by atoms with Gasteiger partial charge in [0.05, 0.1) is 6.10 Å². The van der Waals surface area contributed by atoms with Crippen molar-refractivity contribution in [2.75, 3.05) is 6.54 Å². The Balaban J connectivity index is 1.91. The maximum absolute atomic E-state index is 11.7. The second-order valence-corrected chi connectivity index (χ2v) is 4.57. The molecule has 92 valence electrons. The Kier molecular flexibility index (Phi) is 3.28. The summed E-state index contributed by atoms with van der Waals surface area (Å²) in [5.74, 6) is 0.129. The highest BCUT2D eigenvalue weighted by Crippen LogP contribution is 2.26. The molecule has 1 heterocycles. The number of aromatic nitrogens is 1. The number of nitrogens with one attached hydrogen (secondary N) is 1. The highest BCUT2D eigenvalue weighted by atomic mass is 16.3. The van der Waals surface area contributed by atoms with Gasteiger partial charge >= 0.3 is 0 Å². The van der Waals surface area contributed by atoms with Gasteiger partial charge in [-0.25, -0.2) is 0 Å². The van der Waals surface area contributed by atoms with Crippen LogP contribution in [0, 0.1) is 5.92 Å². The van der Waals surface area contributed by atoms with Crippen molar-refractivity contribution < 1.29 is 9.90 Å². The lowest BCUT2D eigenvalue weighted by molar-refractivity contribution is 0.0420. The first-order valence-electron chi connectivity index (χ1n) is 5.69. The van der Waals surface area contributed by atoms with Crippen LogP contribution in [0.2, 0.25) is 0 Å². The summed E-state index contributed by atoms with van der Waals surface area (Å²) in [5, 5.41) is 11.9. The second-order valence-electron chi connectivity index (χ2n) is 4.57. The van der Waals surface area contributed by atoms with Gasteiger partial charge in [-0.3, -0.25) is 9.59 Å². The SMILES string of the molecule is Cn1ccc(C(=O)NCC2CC(O)C2)cc1=O. The lowest BCUT2D eigenvalue weighted by atomic mass is 9.82. The van der Waals surface area contributed by atoms with E-state index < -0.39 is 0 Å². The molecule has 5 heteroatoms. The van der Waals surface area contributed by atoms with E-state index in [-0.39, 0.29) is 17.6 Å². The first-order chi connectivity index (χ1) is 8.06. The molecule has 0 saturated heterocycles. The van der Waals surface area contributed by atoms with E-state index in [0.29, 0.717) is 18.0 Å². The summed E-state index contributed by atoms with van der Waals surface area (Å²) in [5.41, 5.74) is 0.185. The van der Waals surface area contributed by atoms with Crippen LogP contribution in [0.4, 0.5) is 0 Å². The fourth-order valence-electron chi connectivity index (χ4n) is 1.90. The minimum absolute atomic E-state index is 0.197. The normalized spacial score (nSPS) is 22.9. The third kappa shape index (κ3) is 2.74. The molecule has 0 unspecified atom stereocenters. The maximum atomic E-state index is 11.7. The van der Waals surface area contributed by atoms with Crippen molar-refractivity contribution >= 4 is 5.91 Å². The molecular weight excluding hydrogens is 220 g/mol. The van der Waals surface area contributed by atoms with E-state index >= 15 is 0 Å². The van der Waals surface area contributed by atoms with Gasteiger partial charge in [-0.1, -0.05) is 0 Å². The molecule has 0 aliphatic heterocycles. The minimum atomic E-state index is -0.232. The van der Waals surface area contributed by atoms with E-state index in [0.717, 1.165) is 12.8 Å². The van der Waals surface area contributed by atoms with Crippen LogP contribution in [0.1, 0.15) is 23.2 Å². The standard InChI is InChI=1S/C12H16N2O3/c1-14-3-2-9(6-11(14)16)12(17)13-7-8-4-10(15)5-8/h2-3,6,8,10,15H,4-5,7H2,1H3,(H,13,17). The van der Waals surface area contributed by atoms with Crippen LogP contribution in [-0.4, -0.2) is 28.2 Å². The van der Waals surface area contributed by atoms with E-state index in [1.165, 1.54) is 10.6 Å². The number of rotatable bonds is 3.